The van der Waals surface area contributed by atoms with Crippen molar-refractivity contribution < 1.29 is 4.79 Å². The Bertz CT molecular complexity index is 757. The minimum Gasteiger partial charge on any atom is -0.369 e. The van der Waals surface area contributed by atoms with Crippen molar-refractivity contribution in [2.24, 2.45) is 13.0 Å². The fraction of sp³-hybridized carbons (Fsp3) is 0.389. The fourth-order valence-electron chi connectivity index (χ4n) is 2.99. The second-order valence-corrected chi connectivity index (χ2v) is 6.16. The lowest BCUT2D eigenvalue weighted by Gasteiger charge is -2.33. The molecular formula is C18H22N4O2. The first-order valence-electron chi connectivity index (χ1n) is 8.23. The molecule has 6 nitrogen and oxygen atoms in total. The highest BCUT2D eigenvalue weighted by Crippen LogP contribution is 2.21. The standard InChI is InChI=1S/C18H22N4O2/c1-21-17(23)10-16(12-20-21)22-9-5-8-15(13-22)18(24)19-11-14-6-3-2-4-7-14/h2-4,6-7,10,12,15H,5,8-9,11,13H2,1H3,(H,19,24). The molecule has 1 aromatic carbocycles. The van der Waals surface area contributed by atoms with Crippen LogP contribution in [0.2, 0.25) is 0 Å². The van der Waals surface area contributed by atoms with Gasteiger partial charge in [-0.05, 0) is 18.4 Å². The summed E-state index contributed by atoms with van der Waals surface area (Å²) in [6.07, 6.45) is 3.49. The molecule has 1 aromatic heterocycles. The van der Waals surface area contributed by atoms with Crippen LogP contribution in [-0.2, 0) is 18.4 Å². The number of benzene rings is 1. The van der Waals surface area contributed by atoms with Crippen LogP contribution in [0.5, 0.6) is 0 Å². The highest BCUT2D eigenvalue weighted by atomic mass is 16.2. The van der Waals surface area contributed by atoms with Gasteiger partial charge >= 0.3 is 0 Å². The van der Waals surface area contributed by atoms with Crippen LogP contribution in [0.1, 0.15) is 18.4 Å². The van der Waals surface area contributed by atoms with E-state index in [1.54, 1.807) is 19.3 Å². The summed E-state index contributed by atoms with van der Waals surface area (Å²) < 4.78 is 1.30. The van der Waals surface area contributed by atoms with Gasteiger partial charge in [-0.2, -0.15) is 5.10 Å². The SMILES string of the molecule is Cn1ncc(N2CCCC(C(=O)NCc3ccccc3)C2)cc1=O. The molecule has 1 saturated heterocycles. The first kappa shape index (κ1) is 16.2. The molecule has 1 aliphatic rings. The molecule has 1 fully saturated rings. The van der Waals surface area contributed by atoms with E-state index in [1.807, 2.05) is 30.3 Å². The van der Waals surface area contributed by atoms with Gasteiger partial charge in [0.05, 0.1) is 17.8 Å². The molecule has 0 saturated carbocycles. The van der Waals surface area contributed by atoms with E-state index in [0.29, 0.717) is 13.1 Å². The maximum atomic E-state index is 12.5. The van der Waals surface area contributed by atoms with Crippen LogP contribution >= 0.6 is 0 Å². The number of amides is 1. The molecule has 0 bridgehead atoms. The van der Waals surface area contributed by atoms with E-state index in [-0.39, 0.29) is 17.4 Å². The van der Waals surface area contributed by atoms with Crippen LogP contribution in [0, 0.1) is 5.92 Å². The second kappa shape index (κ2) is 7.29. The van der Waals surface area contributed by atoms with Gasteiger partial charge in [0.15, 0.2) is 0 Å². The first-order valence-corrected chi connectivity index (χ1v) is 8.23. The summed E-state index contributed by atoms with van der Waals surface area (Å²) in [5.74, 6) is 0.00636. The Morgan fingerprint density at radius 1 is 1.33 bits per heavy atom. The Kier molecular flexibility index (Phi) is 4.93. The summed E-state index contributed by atoms with van der Waals surface area (Å²) in [5.41, 5.74) is 1.75. The topological polar surface area (TPSA) is 67.2 Å². The summed E-state index contributed by atoms with van der Waals surface area (Å²) in [6.45, 7) is 2.01. The zero-order valence-corrected chi connectivity index (χ0v) is 13.8. The summed E-state index contributed by atoms with van der Waals surface area (Å²) in [4.78, 5) is 26.3. The number of nitrogens with one attached hydrogen (secondary N) is 1. The smallest absolute Gasteiger partial charge is 0.268 e. The van der Waals surface area contributed by atoms with Crippen molar-refractivity contribution in [1.82, 2.24) is 15.1 Å². The van der Waals surface area contributed by atoms with E-state index in [2.05, 4.69) is 15.3 Å². The molecule has 1 unspecified atom stereocenters. The minimum atomic E-state index is -0.136. The van der Waals surface area contributed by atoms with Gasteiger partial charge in [0.1, 0.15) is 0 Å². The lowest BCUT2D eigenvalue weighted by atomic mass is 9.96. The van der Waals surface area contributed by atoms with E-state index in [9.17, 15) is 9.59 Å². The predicted octanol–water partition coefficient (Wildman–Crippen LogP) is 1.31. The van der Waals surface area contributed by atoms with Gasteiger partial charge in [-0.3, -0.25) is 9.59 Å². The van der Waals surface area contributed by atoms with Gasteiger partial charge in [-0.25, -0.2) is 4.68 Å². The molecule has 0 aliphatic carbocycles. The lowest BCUT2D eigenvalue weighted by molar-refractivity contribution is -0.125. The number of carbonyl (C=O) groups is 1. The highest BCUT2D eigenvalue weighted by Gasteiger charge is 2.26. The zero-order valence-electron chi connectivity index (χ0n) is 13.8. The van der Waals surface area contributed by atoms with Gasteiger partial charge in [0.25, 0.3) is 5.56 Å². The third-order valence-electron chi connectivity index (χ3n) is 4.42. The molecule has 0 radical (unpaired) electrons. The quantitative estimate of drug-likeness (QED) is 0.920. The number of hydrogen-bond donors (Lipinski definition) is 1. The molecule has 1 atom stereocenters. The van der Waals surface area contributed by atoms with Crippen molar-refractivity contribution in [2.45, 2.75) is 19.4 Å². The molecule has 3 rings (SSSR count). The molecule has 0 spiro atoms. The molecule has 1 N–H and O–H groups in total. The van der Waals surface area contributed by atoms with E-state index in [1.165, 1.54) is 4.68 Å². The van der Waals surface area contributed by atoms with Gasteiger partial charge < -0.3 is 10.2 Å². The van der Waals surface area contributed by atoms with Crippen LogP contribution in [0.4, 0.5) is 5.69 Å². The van der Waals surface area contributed by atoms with E-state index in [0.717, 1.165) is 30.6 Å². The second-order valence-electron chi connectivity index (χ2n) is 6.16. The van der Waals surface area contributed by atoms with Gasteiger partial charge in [0.2, 0.25) is 5.91 Å². The zero-order chi connectivity index (χ0) is 16.9. The third-order valence-corrected chi connectivity index (χ3v) is 4.42. The number of aryl methyl sites for hydroxylation is 1. The van der Waals surface area contributed by atoms with Crippen molar-refractivity contribution in [3.05, 3.63) is 58.5 Å². The van der Waals surface area contributed by atoms with E-state index >= 15 is 0 Å². The third kappa shape index (κ3) is 3.82. The number of hydrogen-bond acceptors (Lipinski definition) is 4. The summed E-state index contributed by atoms with van der Waals surface area (Å²) in [7, 11) is 1.63. The Morgan fingerprint density at radius 2 is 2.12 bits per heavy atom. The maximum absolute atomic E-state index is 12.5. The molecule has 126 valence electrons. The number of aromatic nitrogens is 2. The molecule has 1 aliphatic heterocycles. The summed E-state index contributed by atoms with van der Waals surface area (Å²) >= 11 is 0. The van der Waals surface area contributed by atoms with Gasteiger partial charge in [0, 0.05) is 32.7 Å². The first-order chi connectivity index (χ1) is 11.6. The molecule has 24 heavy (non-hydrogen) atoms. The van der Waals surface area contributed by atoms with Crippen LogP contribution in [0.25, 0.3) is 0 Å². The number of piperidine rings is 1. The average Bonchev–Trinajstić information content (AvgIpc) is 2.63. The fourth-order valence-corrected chi connectivity index (χ4v) is 2.99. The number of rotatable bonds is 4. The Morgan fingerprint density at radius 3 is 2.88 bits per heavy atom. The normalized spacial score (nSPS) is 17.5. The van der Waals surface area contributed by atoms with Crippen molar-refractivity contribution >= 4 is 11.6 Å². The molecule has 2 aromatic rings. The van der Waals surface area contributed by atoms with Crippen LogP contribution in [-0.4, -0.2) is 28.8 Å². The molecule has 6 heteroatoms. The molecule has 2 heterocycles. The van der Waals surface area contributed by atoms with Crippen molar-refractivity contribution in [3.63, 3.8) is 0 Å². The van der Waals surface area contributed by atoms with Crippen LogP contribution in [0.15, 0.2) is 47.4 Å². The van der Waals surface area contributed by atoms with Gasteiger partial charge in [-0.15, -0.1) is 0 Å². The van der Waals surface area contributed by atoms with Crippen molar-refractivity contribution in [3.8, 4) is 0 Å². The monoisotopic (exact) mass is 326 g/mol. The Labute approximate surface area is 141 Å². The highest BCUT2D eigenvalue weighted by molar-refractivity contribution is 5.79. The number of anilines is 1. The lowest BCUT2D eigenvalue weighted by Crippen LogP contribution is -2.43. The van der Waals surface area contributed by atoms with Crippen molar-refractivity contribution in [1.29, 1.82) is 0 Å². The minimum absolute atomic E-state index is 0.0634. The maximum Gasteiger partial charge on any atom is 0.268 e. The Hall–Kier alpha value is -2.63. The van der Waals surface area contributed by atoms with E-state index in [4.69, 9.17) is 0 Å². The summed E-state index contributed by atoms with van der Waals surface area (Å²) in [5, 5.41) is 7.08. The largest absolute Gasteiger partial charge is 0.369 e. The molecular weight excluding hydrogens is 304 g/mol. The predicted molar refractivity (Wildman–Crippen MR) is 92.7 cm³/mol. The van der Waals surface area contributed by atoms with Crippen LogP contribution in [0.3, 0.4) is 0 Å². The number of nitrogens with zero attached hydrogens (tertiary/aromatic N) is 3. The Balaban J connectivity index is 1.61. The average molecular weight is 326 g/mol. The van der Waals surface area contributed by atoms with Crippen molar-refractivity contribution in [2.75, 3.05) is 18.0 Å². The molecule has 1 amide bonds. The van der Waals surface area contributed by atoms with Gasteiger partial charge in [-0.1, -0.05) is 30.3 Å². The van der Waals surface area contributed by atoms with Crippen LogP contribution < -0.4 is 15.8 Å². The number of carbonyl (C=O) groups excluding carboxylic acids is 1. The summed E-state index contributed by atoms with van der Waals surface area (Å²) in [6, 6.07) is 11.5. The van der Waals surface area contributed by atoms with E-state index < -0.39 is 0 Å².